The lowest BCUT2D eigenvalue weighted by Gasteiger charge is -2.45. The second kappa shape index (κ2) is 9.22. The van der Waals surface area contributed by atoms with Gasteiger partial charge >= 0.3 is 0 Å². The smallest absolute Gasteiger partial charge is 0.278 e. The van der Waals surface area contributed by atoms with Crippen molar-refractivity contribution in [1.29, 1.82) is 0 Å². The Morgan fingerprint density at radius 3 is 2.76 bits per heavy atom. The third-order valence-electron chi connectivity index (χ3n) is 6.11. The first-order valence-electron chi connectivity index (χ1n) is 10.9. The Morgan fingerprint density at radius 1 is 1.27 bits per heavy atom. The van der Waals surface area contributed by atoms with Gasteiger partial charge in [-0.15, -0.1) is 0 Å². The van der Waals surface area contributed by atoms with E-state index in [-0.39, 0.29) is 11.5 Å². The largest absolute Gasteiger partial charge is 0.386 e. The molecule has 0 aliphatic carbocycles. The molecule has 172 valence electrons. The van der Waals surface area contributed by atoms with E-state index in [0.29, 0.717) is 29.8 Å². The van der Waals surface area contributed by atoms with Gasteiger partial charge in [0.25, 0.3) is 5.91 Å². The summed E-state index contributed by atoms with van der Waals surface area (Å²) in [4.78, 5) is 25.8. The van der Waals surface area contributed by atoms with Gasteiger partial charge in [-0.1, -0.05) is 37.3 Å². The van der Waals surface area contributed by atoms with Crippen molar-refractivity contribution in [2.24, 2.45) is 5.73 Å². The molecule has 1 amide bonds. The molecule has 4 rings (SSSR count). The predicted octanol–water partition coefficient (Wildman–Crippen LogP) is 2.69. The van der Waals surface area contributed by atoms with Gasteiger partial charge in [0.15, 0.2) is 11.5 Å². The number of hydrogen-bond acceptors (Lipinski definition) is 8. The van der Waals surface area contributed by atoms with Crippen LogP contribution in [0.2, 0.25) is 0 Å². The van der Waals surface area contributed by atoms with Crippen molar-refractivity contribution in [2.45, 2.75) is 50.5 Å². The van der Waals surface area contributed by atoms with E-state index >= 15 is 0 Å². The zero-order chi connectivity index (χ0) is 23.6. The Morgan fingerprint density at radius 2 is 2.03 bits per heavy atom. The van der Waals surface area contributed by atoms with Gasteiger partial charge in [0.05, 0.1) is 36.0 Å². The van der Waals surface area contributed by atoms with Crippen LogP contribution in [0.3, 0.4) is 0 Å². The monoisotopic (exact) mass is 448 g/mol. The van der Waals surface area contributed by atoms with Crippen molar-refractivity contribution in [1.82, 2.24) is 15.0 Å². The molecule has 1 fully saturated rings. The van der Waals surface area contributed by atoms with Crippen LogP contribution in [0.25, 0.3) is 11.3 Å². The van der Waals surface area contributed by atoms with E-state index in [4.69, 9.17) is 16.2 Å². The van der Waals surface area contributed by atoms with Crippen LogP contribution < -0.4 is 16.8 Å². The predicted molar refractivity (Wildman–Crippen MR) is 125 cm³/mol. The molecule has 33 heavy (non-hydrogen) atoms. The molecular weight excluding hydrogens is 420 g/mol. The van der Waals surface area contributed by atoms with Crippen LogP contribution in [0.15, 0.2) is 55.0 Å². The molecule has 2 aromatic heterocycles. The van der Waals surface area contributed by atoms with E-state index in [2.05, 4.69) is 20.3 Å². The molecule has 9 heteroatoms. The van der Waals surface area contributed by atoms with E-state index in [0.717, 1.165) is 5.56 Å². The van der Waals surface area contributed by atoms with Crippen molar-refractivity contribution in [3.63, 3.8) is 0 Å². The Labute approximate surface area is 192 Å². The minimum absolute atomic E-state index is 0.0155. The van der Waals surface area contributed by atoms with Gasteiger partial charge in [0.2, 0.25) is 0 Å². The van der Waals surface area contributed by atoms with Crippen LogP contribution >= 0.6 is 0 Å². The molecule has 1 saturated heterocycles. The van der Waals surface area contributed by atoms with E-state index in [1.807, 2.05) is 37.3 Å². The Balaban J connectivity index is 1.61. The zero-order valence-electron chi connectivity index (χ0n) is 18.6. The summed E-state index contributed by atoms with van der Waals surface area (Å²) < 4.78 is 6.17. The Kier molecular flexibility index (Phi) is 6.37. The maximum Gasteiger partial charge on any atom is 0.278 e. The molecule has 0 spiro atoms. The number of carbonyl (C=O) groups is 1. The summed E-state index contributed by atoms with van der Waals surface area (Å²) in [6.45, 7) is 3.63. The van der Waals surface area contributed by atoms with Gasteiger partial charge in [0, 0.05) is 23.4 Å². The second-order valence-corrected chi connectivity index (χ2v) is 8.36. The number of aliphatic hydroxyl groups is 1. The maximum atomic E-state index is 13.1. The Hall–Kier alpha value is -3.40. The average Bonchev–Trinajstić information content (AvgIpc) is 2.82. The topological polar surface area (TPSA) is 149 Å². The van der Waals surface area contributed by atoms with Crippen LogP contribution in [0.4, 0.5) is 11.5 Å². The minimum Gasteiger partial charge on any atom is -0.386 e. The van der Waals surface area contributed by atoms with Crippen molar-refractivity contribution in [2.75, 3.05) is 11.1 Å². The van der Waals surface area contributed by atoms with E-state index in [1.165, 1.54) is 6.20 Å². The SMILES string of the molecule is CC[C@H]1O[C@@H](c2ccncc2NC(=O)c2nc(-c3ccccc3)cnc2N)C[C@@H](N)[C@]1(C)O. The van der Waals surface area contributed by atoms with Crippen LogP contribution in [0.5, 0.6) is 0 Å². The molecule has 3 aromatic rings. The van der Waals surface area contributed by atoms with E-state index in [9.17, 15) is 9.90 Å². The molecule has 0 unspecified atom stereocenters. The first-order chi connectivity index (χ1) is 15.8. The number of ether oxygens (including phenoxy) is 1. The number of benzene rings is 1. The fraction of sp³-hybridized carbons (Fsp3) is 0.333. The fourth-order valence-corrected chi connectivity index (χ4v) is 4.09. The first kappa shape index (κ1) is 22.8. The number of pyridine rings is 1. The maximum absolute atomic E-state index is 13.1. The number of nitrogens with one attached hydrogen (secondary N) is 1. The molecule has 3 heterocycles. The molecular formula is C24H28N6O3. The summed E-state index contributed by atoms with van der Waals surface area (Å²) >= 11 is 0. The number of carbonyl (C=O) groups excluding carboxylic acids is 1. The third-order valence-corrected chi connectivity index (χ3v) is 6.11. The molecule has 0 bridgehead atoms. The lowest BCUT2D eigenvalue weighted by molar-refractivity contribution is -0.179. The van der Waals surface area contributed by atoms with Gasteiger partial charge in [-0.3, -0.25) is 9.78 Å². The molecule has 4 atom stereocenters. The number of nitrogen functional groups attached to an aromatic ring is 1. The first-order valence-corrected chi connectivity index (χ1v) is 10.9. The van der Waals surface area contributed by atoms with Crippen LogP contribution in [0, 0.1) is 0 Å². The summed E-state index contributed by atoms with van der Waals surface area (Å²) in [5.41, 5.74) is 13.7. The standard InChI is InChI=1S/C24H28N6O3/c1-3-20-24(2,32)19(25)11-18(33-20)15-9-10-27-12-17(15)30-23(31)21-22(26)28-13-16(29-21)14-7-5-4-6-8-14/h4-10,12-13,18-20,32H,3,11,25H2,1-2H3,(H2,26,28)(H,30,31)/t18-,19-,20-,24+/m1/s1. The van der Waals surface area contributed by atoms with Gasteiger partial charge in [0.1, 0.15) is 5.60 Å². The molecule has 1 aliphatic heterocycles. The number of amides is 1. The molecule has 0 radical (unpaired) electrons. The Bertz CT molecular complexity index is 1140. The van der Waals surface area contributed by atoms with E-state index < -0.39 is 29.8 Å². The van der Waals surface area contributed by atoms with E-state index in [1.54, 1.807) is 25.4 Å². The van der Waals surface area contributed by atoms with Crippen molar-refractivity contribution in [3.8, 4) is 11.3 Å². The van der Waals surface area contributed by atoms with Gasteiger partial charge in [-0.05, 0) is 25.8 Å². The molecule has 1 aliphatic rings. The highest BCUT2D eigenvalue weighted by Gasteiger charge is 2.45. The zero-order valence-corrected chi connectivity index (χ0v) is 18.6. The normalized spacial score (nSPS) is 24.9. The minimum atomic E-state index is -1.14. The highest BCUT2D eigenvalue weighted by atomic mass is 16.5. The highest BCUT2D eigenvalue weighted by Crippen LogP contribution is 2.39. The van der Waals surface area contributed by atoms with Crippen molar-refractivity contribution >= 4 is 17.4 Å². The second-order valence-electron chi connectivity index (χ2n) is 8.36. The molecule has 1 aromatic carbocycles. The van der Waals surface area contributed by atoms with Gasteiger partial charge < -0.3 is 26.6 Å². The number of anilines is 2. The summed E-state index contributed by atoms with van der Waals surface area (Å²) in [6.07, 6.45) is 4.84. The summed E-state index contributed by atoms with van der Waals surface area (Å²) in [7, 11) is 0. The number of rotatable bonds is 5. The number of hydrogen-bond donors (Lipinski definition) is 4. The quantitative estimate of drug-likeness (QED) is 0.465. The van der Waals surface area contributed by atoms with Gasteiger partial charge in [-0.2, -0.15) is 0 Å². The van der Waals surface area contributed by atoms with Crippen molar-refractivity contribution < 1.29 is 14.6 Å². The third kappa shape index (κ3) is 4.56. The van der Waals surface area contributed by atoms with Gasteiger partial charge in [-0.25, -0.2) is 9.97 Å². The van der Waals surface area contributed by atoms with Crippen LogP contribution in [0.1, 0.15) is 48.8 Å². The number of aromatic nitrogens is 3. The summed E-state index contributed by atoms with van der Waals surface area (Å²) in [6, 6.07) is 10.7. The fourth-order valence-electron chi connectivity index (χ4n) is 4.09. The molecule has 6 N–H and O–H groups in total. The number of nitrogens with zero attached hydrogens (tertiary/aromatic N) is 3. The van der Waals surface area contributed by atoms with Crippen LogP contribution in [-0.2, 0) is 4.74 Å². The lowest BCUT2D eigenvalue weighted by atomic mass is 9.81. The molecule has 9 nitrogen and oxygen atoms in total. The highest BCUT2D eigenvalue weighted by molar-refractivity contribution is 6.06. The summed E-state index contributed by atoms with van der Waals surface area (Å²) in [5.74, 6) is -0.484. The number of nitrogens with two attached hydrogens (primary N) is 2. The average molecular weight is 449 g/mol. The lowest BCUT2D eigenvalue weighted by Crippen LogP contribution is -2.58. The van der Waals surface area contributed by atoms with Crippen LogP contribution in [-0.4, -0.2) is 43.7 Å². The summed E-state index contributed by atoms with van der Waals surface area (Å²) in [5, 5.41) is 13.6. The molecule has 0 saturated carbocycles. The van der Waals surface area contributed by atoms with Crippen molar-refractivity contribution in [3.05, 3.63) is 66.2 Å².